The van der Waals surface area contributed by atoms with Crippen molar-refractivity contribution in [3.8, 4) is 0 Å². The second-order valence-corrected chi connectivity index (χ2v) is 11.2. The van der Waals surface area contributed by atoms with Gasteiger partial charge in [0.15, 0.2) is 0 Å². The summed E-state index contributed by atoms with van der Waals surface area (Å²) in [5, 5.41) is 0. The molecule has 0 amide bonds. The molecule has 23 heavy (non-hydrogen) atoms. The van der Waals surface area contributed by atoms with Crippen LogP contribution in [0.3, 0.4) is 0 Å². The van der Waals surface area contributed by atoms with E-state index in [1.807, 2.05) is 0 Å². The van der Waals surface area contributed by atoms with E-state index in [2.05, 4.69) is 6.92 Å². The van der Waals surface area contributed by atoms with Gasteiger partial charge in [0, 0.05) is 12.8 Å². The van der Waals surface area contributed by atoms with Gasteiger partial charge in [0.1, 0.15) is 0 Å². The molecule has 0 fully saturated rings. The summed E-state index contributed by atoms with van der Waals surface area (Å²) >= 11 is 0. The lowest BCUT2D eigenvalue weighted by molar-refractivity contribution is -0.137. The zero-order valence-corrected chi connectivity index (χ0v) is 15.9. The number of alkyl halides is 3. The Hall–Kier alpha value is -0.523. The first-order valence-electron chi connectivity index (χ1n) is 8.95. The van der Waals surface area contributed by atoms with Gasteiger partial charge in [-0.1, -0.05) is 58.3 Å². The molecule has 2 nitrogen and oxygen atoms in total. The van der Waals surface area contributed by atoms with E-state index in [1.165, 1.54) is 38.5 Å². The van der Waals surface area contributed by atoms with Gasteiger partial charge in [-0.25, -0.2) is 0 Å². The molecule has 6 heteroatoms. The highest BCUT2D eigenvalue weighted by Crippen LogP contribution is 2.27. The van der Waals surface area contributed by atoms with Gasteiger partial charge in [0.05, 0.1) is 0 Å². The molecule has 0 radical (unpaired) electrons. The summed E-state index contributed by atoms with van der Waals surface area (Å²) in [6.07, 6.45) is 5.79. The van der Waals surface area contributed by atoms with E-state index in [1.54, 1.807) is 13.1 Å². The van der Waals surface area contributed by atoms with E-state index in [4.69, 9.17) is 4.43 Å². The van der Waals surface area contributed by atoms with Crippen LogP contribution in [0.4, 0.5) is 13.2 Å². The molecule has 0 spiro atoms. The molecule has 0 saturated carbocycles. The molecule has 0 aromatic heterocycles. The second-order valence-electron chi connectivity index (χ2n) is 6.93. The fourth-order valence-corrected chi connectivity index (χ4v) is 4.14. The van der Waals surface area contributed by atoms with Crippen molar-refractivity contribution in [2.75, 3.05) is 0 Å². The Kier molecular flexibility index (Phi) is 11.7. The van der Waals surface area contributed by atoms with Crippen molar-refractivity contribution in [3.63, 3.8) is 0 Å². The number of hydrogen-bond acceptors (Lipinski definition) is 2. The molecule has 138 valence electrons. The summed E-state index contributed by atoms with van der Waals surface area (Å²) in [4.78, 5) is 11.7. The lowest BCUT2D eigenvalue weighted by Gasteiger charge is -2.23. The third-order valence-corrected chi connectivity index (χ3v) is 6.12. The Labute approximate surface area is 140 Å². The first kappa shape index (κ1) is 22.5. The normalized spacial score (nSPS) is 12.4. The van der Waals surface area contributed by atoms with Crippen LogP contribution in [0.1, 0.15) is 77.6 Å². The molecule has 0 aliphatic rings. The smallest absolute Gasteiger partial charge is 0.388 e. The predicted molar refractivity (Wildman–Crippen MR) is 90.9 cm³/mol. The summed E-state index contributed by atoms with van der Waals surface area (Å²) in [6, 6.07) is -0.0556. The van der Waals surface area contributed by atoms with E-state index in [0.29, 0.717) is 6.42 Å². The average Bonchev–Trinajstić information content (AvgIpc) is 2.42. The van der Waals surface area contributed by atoms with Crippen molar-refractivity contribution in [1.29, 1.82) is 0 Å². The Balaban J connectivity index is 3.62. The number of hydrogen-bond donors (Lipinski definition) is 0. The summed E-state index contributed by atoms with van der Waals surface area (Å²) < 4.78 is 42.0. The number of halogens is 3. The fraction of sp³-hybridized carbons (Fsp3) is 0.941. The maximum absolute atomic E-state index is 12.2. The Morgan fingerprint density at radius 3 is 1.87 bits per heavy atom. The fourth-order valence-electron chi connectivity index (χ4n) is 2.43. The van der Waals surface area contributed by atoms with Crippen molar-refractivity contribution < 1.29 is 22.4 Å². The monoisotopic (exact) mass is 354 g/mol. The first-order chi connectivity index (χ1) is 10.7. The molecule has 0 bridgehead atoms. The van der Waals surface area contributed by atoms with Crippen LogP contribution < -0.4 is 0 Å². The van der Waals surface area contributed by atoms with Gasteiger partial charge < -0.3 is 4.43 Å². The molecule has 0 rings (SSSR count). The zero-order chi connectivity index (χ0) is 17.8. The Morgan fingerprint density at radius 2 is 1.39 bits per heavy atom. The quantitative estimate of drug-likeness (QED) is 0.275. The van der Waals surface area contributed by atoms with Gasteiger partial charge >= 0.3 is 6.18 Å². The summed E-state index contributed by atoms with van der Waals surface area (Å²) in [7, 11) is -2.54. The van der Waals surface area contributed by atoms with Gasteiger partial charge in [-0.15, -0.1) is 0 Å². The lowest BCUT2D eigenvalue weighted by Crippen LogP contribution is -2.34. The van der Waals surface area contributed by atoms with Crippen LogP contribution in [0.25, 0.3) is 0 Å². The third-order valence-electron chi connectivity index (χ3n) is 3.89. The number of carbonyl (C=O) groups excluding carboxylic acids is 1. The molecular formula is C17H33F3O2Si. The summed E-state index contributed by atoms with van der Waals surface area (Å²) in [6.45, 7) is 5.55. The van der Waals surface area contributed by atoms with Crippen molar-refractivity contribution >= 4 is 14.3 Å². The lowest BCUT2D eigenvalue weighted by atomic mass is 10.1. The Morgan fingerprint density at radius 1 is 0.913 bits per heavy atom. The standard InChI is InChI=1S/C17H33F3O2Si/c1-4-5-6-7-8-9-10-11-12-13-16(21)22-23(2,3)15-14-17(18,19)20/h4-15H2,1-3H3. The van der Waals surface area contributed by atoms with Crippen LogP contribution in [-0.4, -0.2) is 20.5 Å². The third kappa shape index (κ3) is 16.1. The van der Waals surface area contributed by atoms with Crippen molar-refractivity contribution in [1.82, 2.24) is 0 Å². The highest BCUT2D eigenvalue weighted by Gasteiger charge is 2.34. The topological polar surface area (TPSA) is 26.3 Å². The molecule has 0 N–H and O–H groups in total. The minimum atomic E-state index is -4.17. The van der Waals surface area contributed by atoms with Crippen LogP contribution in [0.5, 0.6) is 0 Å². The minimum absolute atomic E-state index is 0.0556. The van der Waals surface area contributed by atoms with Crippen LogP contribution >= 0.6 is 0 Å². The molecular weight excluding hydrogens is 321 g/mol. The van der Waals surface area contributed by atoms with Gasteiger partial charge in [-0.3, -0.25) is 4.79 Å². The van der Waals surface area contributed by atoms with E-state index >= 15 is 0 Å². The van der Waals surface area contributed by atoms with Crippen LogP contribution in [0, 0.1) is 0 Å². The minimum Gasteiger partial charge on any atom is -0.520 e. The molecule has 0 aromatic rings. The van der Waals surface area contributed by atoms with Crippen molar-refractivity contribution in [2.24, 2.45) is 0 Å². The molecule has 0 unspecified atom stereocenters. The van der Waals surface area contributed by atoms with E-state index in [-0.39, 0.29) is 12.0 Å². The predicted octanol–water partition coefficient (Wildman–Crippen LogP) is 6.61. The van der Waals surface area contributed by atoms with Crippen LogP contribution in [-0.2, 0) is 9.22 Å². The van der Waals surface area contributed by atoms with Crippen LogP contribution in [0.2, 0.25) is 19.1 Å². The van der Waals surface area contributed by atoms with E-state index in [9.17, 15) is 18.0 Å². The van der Waals surface area contributed by atoms with Gasteiger partial charge in [-0.05, 0) is 25.6 Å². The zero-order valence-electron chi connectivity index (χ0n) is 14.9. The SMILES string of the molecule is CCCCCCCCCCCC(=O)O[Si](C)(C)CCC(F)(F)F. The largest absolute Gasteiger partial charge is 0.520 e. The summed E-state index contributed by atoms with van der Waals surface area (Å²) in [5.41, 5.74) is 0. The number of unbranched alkanes of at least 4 members (excludes halogenated alkanes) is 8. The van der Waals surface area contributed by atoms with E-state index in [0.717, 1.165) is 19.3 Å². The van der Waals surface area contributed by atoms with Crippen LogP contribution in [0.15, 0.2) is 0 Å². The molecule has 0 heterocycles. The highest BCUT2D eigenvalue weighted by atomic mass is 28.4. The van der Waals surface area contributed by atoms with Gasteiger partial charge in [0.2, 0.25) is 8.32 Å². The average molecular weight is 355 g/mol. The number of rotatable bonds is 13. The molecule has 0 atom stereocenters. The van der Waals surface area contributed by atoms with Crippen molar-refractivity contribution in [2.45, 2.75) is 103 Å². The molecule has 0 aliphatic heterocycles. The molecule has 0 aliphatic carbocycles. The highest BCUT2D eigenvalue weighted by molar-refractivity contribution is 6.72. The van der Waals surface area contributed by atoms with Gasteiger partial charge in [-0.2, -0.15) is 13.2 Å². The van der Waals surface area contributed by atoms with Gasteiger partial charge in [0.25, 0.3) is 5.97 Å². The molecule has 0 aromatic carbocycles. The Bertz CT molecular complexity index is 317. The first-order valence-corrected chi connectivity index (χ1v) is 12.1. The summed E-state index contributed by atoms with van der Waals surface area (Å²) in [5.74, 6) is -0.327. The second kappa shape index (κ2) is 11.9. The molecule has 0 saturated heterocycles. The maximum Gasteiger partial charge on any atom is 0.388 e. The maximum atomic E-state index is 12.2. The van der Waals surface area contributed by atoms with Crippen molar-refractivity contribution in [3.05, 3.63) is 0 Å². The number of carbonyl (C=O) groups is 1. The van der Waals surface area contributed by atoms with E-state index < -0.39 is 20.9 Å².